The highest BCUT2D eigenvalue weighted by Crippen LogP contribution is 2.23. The lowest BCUT2D eigenvalue weighted by molar-refractivity contribution is -0.156. The molecule has 2 aliphatic heterocycles. The summed E-state index contributed by atoms with van der Waals surface area (Å²) in [5.74, 6) is -1.16. The Morgan fingerprint density at radius 3 is 2.43 bits per heavy atom. The number of aliphatic carboxylic acids is 1. The molecule has 4 rings (SSSR count). The minimum atomic E-state index is -1.03. The third kappa shape index (κ3) is 3.60. The Morgan fingerprint density at radius 2 is 1.71 bits per heavy atom. The Hall–Kier alpha value is -2.87. The van der Waals surface area contributed by atoms with Crippen molar-refractivity contribution in [2.75, 3.05) is 26.2 Å². The average Bonchev–Trinajstić information content (AvgIpc) is 3.36. The molecule has 2 atom stereocenters. The van der Waals surface area contributed by atoms with Crippen LogP contribution >= 0.6 is 0 Å². The number of hydrogen-bond acceptors (Lipinski definition) is 4. The maximum Gasteiger partial charge on any atom is 0.332 e. The molecule has 0 spiro atoms. The van der Waals surface area contributed by atoms with Crippen molar-refractivity contribution in [1.29, 1.82) is 0 Å². The molecule has 8 heteroatoms. The van der Waals surface area contributed by atoms with Crippen molar-refractivity contribution in [3.63, 3.8) is 0 Å². The van der Waals surface area contributed by atoms with Gasteiger partial charge in [-0.3, -0.25) is 9.59 Å². The summed E-state index contributed by atoms with van der Waals surface area (Å²) in [7, 11) is 0. The number of piperazine rings is 1. The number of ether oxygens (including phenoxy) is 1. The number of carboxylic acid groups (broad SMARTS) is 1. The standard InChI is InChI=1S/C20H23N3O5/c24-18(11-13-12-21-15-4-2-1-3-14(13)15)22-7-9-23(10-8-22)19(25)16-5-6-17(28-16)20(26)27/h1-4,12,16-17,21H,5-11H2,(H,26,27)/t16-,17+/m0/s1. The van der Waals surface area contributed by atoms with E-state index in [0.717, 1.165) is 16.5 Å². The molecule has 2 amide bonds. The molecule has 0 saturated carbocycles. The number of carbonyl (C=O) groups is 3. The number of aromatic amines is 1. The molecule has 0 aliphatic carbocycles. The molecule has 1 aromatic heterocycles. The summed E-state index contributed by atoms with van der Waals surface area (Å²) in [6, 6.07) is 7.88. The molecule has 0 radical (unpaired) electrons. The van der Waals surface area contributed by atoms with Crippen molar-refractivity contribution in [2.45, 2.75) is 31.5 Å². The fourth-order valence-electron chi connectivity index (χ4n) is 3.93. The molecule has 0 bridgehead atoms. The highest BCUT2D eigenvalue weighted by Gasteiger charge is 2.37. The summed E-state index contributed by atoms with van der Waals surface area (Å²) in [5, 5.41) is 10.0. The Kier molecular flexibility index (Phi) is 5.04. The monoisotopic (exact) mass is 385 g/mol. The predicted molar refractivity (Wildman–Crippen MR) is 101 cm³/mol. The first-order chi connectivity index (χ1) is 13.5. The average molecular weight is 385 g/mol. The van der Waals surface area contributed by atoms with Crippen LogP contribution in [-0.4, -0.2) is 76.1 Å². The maximum absolute atomic E-state index is 12.7. The Labute approximate surface area is 162 Å². The third-order valence-corrected chi connectivity index (χ3v) is 5.53. The molecule has 148 valence electrons. The van der Waals surface area contributed by atoms with Crippen LogP contribution in [0.2, 0.25) is 0 Å². The van der Waals surface area contributed by atoms with Gasteiger partial charge in [0.25, 0.3) is 5.91 Å². The Bertz CT molecular complexity index is 900. The van der Waals surface area contributed by atoms with Crippen LogP contribution in [0.15, 0.2) is 30.5 Å². The summed E-state index contributed by atoms with van der Waals surface area (Å²) in [5.41, 5.74) is 1.98. The van der Waals surface area contributed by atoms with Crippen LogP contribution < -0.4 is 0 Å². The first-order valence-corrected chi connectivity index (χ1v) is 9.53. The second-order valence-corrected chi connectivity index (χ2v) is 7.27. The second-order valence-electron chi connectivity index (χ2n) is 7.27. The predicted octanol–water partition coefficient (Wildman–Crippen LogP) is 1.01. The van der Waals surface area contributed by atoms with E-state index in [4.69, 9.17) is 9.84 Å². The molecular formula is C20H23N3O5. The van der Waals surface area contributed by atoms with Gasteiger partial charge in [-0.05, 0) is 24.5 Å². The number of aromatic nitrogens is 1. The number of amides is 2. The van der Waals surface area contributed by atoms with E-state index in [1.807, 2.05) is 30.5 Å². The highest BCUT2D eigenvalue weighted by molar-refractivity contribution is 5.89. The van der Waals surface area contributed by atoms with Gasteiger partial charge in [-0.25, -0.2) is 4.79 Å². The Balaban J connectivity index is 1.31. The lowest BCUT2D eigenvalue weighted by Crippen LogP contribution is -2.53. The van der Waals surface area contributed by atoms with Gasteiger partial charge in [0, 0.05) is 43.3 Å². The number of fused-ring (bicyclic) bond motifs is 1. The lowest BCUT2D eigenvalue weighted by Gasteiger charge is -2.35. The Morgan fingerprint density at radius 1 is 1.04 bits per heavy atom. The molecule has 2 saturated heterocycles. The van der Waals surface area contributed by atoms with Crippen molar-refractivity contribution in [1.82, 2.24) is 14.8 Å². The number of nitrogens with zero attached hydrogens (tertiary/aromatic N) is 2. The summed E-state index contributed by atoms with van der Waals surface area (Å²) in [4.78, 5) is 42.8. The van der Waals surface area contributed by atoms with Gasteiger partial charge in [-0.15, -0.1) is 0 Å². The number of benzene rings is 1. The number of nitrogens with one attached hydrogen (secondary N) is 1. The van der Waals surface area contributed by atoms with E-state index in [9.17, 15) is 14.4 Å². The lowest BCUT2D eigenvalue weighted by atomic mass is 10.1. The van der Waals surface area contributed by atoms with Gasteiger partial charge in [-0.2, -0.15) is 0 Å². The van der Waals surface area contributed by atoms with Crippen LogP contribution in [-0.2, 0) is 25.5 Å². The minimum Gasteiger partial charge on any atom is -0.479 e. The number of carbonyl (C=O) groups excluding carboxylic acids is 2. The van der Waals surface area contributed by atoms with E-state index >= 15 is 0 Å². The molecular weight excluding hydrogens is 362 g/mol. The zero-order chi connectivity index (χ0) is 19.7. The van der Waals surface area contributed by atoms with Crippen molar-refractivity contribution >= 4 is 28.7 Å². The number of H-pyrrole nitrogens is 1. The second kappa shape index (κ2) is 7.63. The molecule has 1 aromatic carbocycles. The van der Waals surface area contributed by atoms with E-state index in [0.29, 0.717) is 45.4 Å². The maximum atomic E-state index is 12.7. The van der Waals surface area contributed by atoms with Crippen molar-refractivity contribution in [3.05, 3.63) is 36.0 Å². The normalized spacial score (nSPS) is 22.6. The summed E-state index contributed by atoms with van der Waals surface area (Å²) in [6.07, 6.45) is 1.40. The fraction of sp³-hybridized carbons (Fsp3) is 0.450. The first-order valence-electron chi connectivity index (χ1n) is 9.53. The van der Waals surface area contributed by atoms with Crippen molar-refractivity contribution in [2.24, 2.45) is 0 Å². The molecule has 0 unspecified atom stereocenters. The van der Waals surface area contributed by atoms with E-state index in [-0.39, 0.29) is 11.8 Å². The summed E-state index contributed by atoms with van der Waals surface area (Å²) in [6.45, 7) is 1.83. The number of para-hydroxylation sites is 1. The molecule has 3 heterocycles. The number of hydrogen-bond donors (Lipinski definition) is 2. The van der Waals surface area contributed by atoms with Crippen LogP contribution in [0.25, 0.3) is 10.9 Å². The molecule has 2 fully saturated rings. The van der Waals surface area contributed by atoms with Crippen LogP contribution in [0.1, 0.15) is 18.4 Å². The van der Waals surface area contributed by atoms with E-state index in [2.05, 4.69) is 4.98 Å². The summed E-state index contributed by atoms with van der Waals surface area (Å²) >= 11 is 0. The van der Waals surface area contributed by atoms with E-state index < -0.39 is 18.2 Å². The minimum absolute atomic E-state index is 0.0416. The third-order valence-electron chi connectivity index (χ3n) is 5.53. The van der Waals surface area contributed by atoms with Gasteiger partial charge in [-0.1, -0.05) is 18.2 Å². The van der Waals surface area contributed by atoms with Gasteiger partial charge < -0.3 is 24.6 Å². The smallest absolute Gasteiger partial charge is 0.332 e. The van der Waals surface area contributed by atoms with Gasteiger partial charge in [0.15, 0.2) is 6.10 Å². The van der Waals surface area contributed by atoms with Crippen LogP contribution in [0.4, 0.5) is 0 Å². The van der Waals surface area contributed by atoms with Crippen LogP contribution in [0.3, 0.4) is 0 Å². The van der Waals surface area contributed by atoms with E-state index in [1.54, 1.807) is 9.80 Å². The van der Waals surface area contributed by atoms with Crippen molar-refractivity contribution < 1.29 is 24.2 Å². The van der Waals surface area contributed by atoms with Gasteiger partial charge >= 0.3 is 5.97 Å². The topological polar surface area (TPSA) is 103 Å². The highest BCUT2D eigenvalue weighted by atomic mass is 16.5. The van der Waals surface area contributed by atoms with Gasteiger partial charge in [0.2, 0.25) is 5.91 Å². The molecule has 2 N–H and O–H groups in total. The van der Waals surface area contributed by atoms with Gasteiger partial charge in [0.05, 0.1) is 6.42 Å². The zero-order valence-electron chi connectivity index (χ0n) is 15.5. The van der Waals surface area contributed by atoms with Gasteiger partial charge in [0.1, 0.15) is 6.10 Å². The largest absolute Gasteiger partial charge is 0.479 e. The van der Waals surface area contributed by atoms with E-state index in [1.165, 1.54) is 0 Å². The quantitative estimate of drug-likeness (QED) is 0.818. The zero-order valence-corrected chi connectivity index (χ0v) is 15.5. The number of carboxylic acids is 1. The first kappa shape index (κ1) is 18.5. The molecule has 28 heavy (non-hydrogen) atoms. The SMILES string of the molecule is O=C(O)[C@H]1CC[C@@H](C(=O)N2CCN(C(=O)Cc3c[nH]c4ccccc34)CC2)O1. The van der Waals surface area contributed by atoms with Crippen LogP contribution in [0, 0.1) is 0 Å². The van der Waals surface area contributed by atoms with Crippen molar-refractivity contribution in [3.8, 4) is 0 Å². The summed E-state index contributed by atoms with van der Waals surface area (Å²) < 4.78 is 5.35. The molecule has 2 aliphatic rings. The number of rotatable bonds is 4. The molecule has 2 aromatic rings. The van der Waals surface area contributed by atoms with Crippen LogP contribution in [0.5, 0.6) is 0 Å². The molecule has 8 nitrogen and oxygen atoms in total. The fourth-order valence-corrected chi connectivity index (χ4v) is 3.93.